The Morgan fingerprint density at radius 1 is 0.808 bits per heavy atom. The van der Waals surface area contributed by atoms with Crippen molar-refractivity contribution in [1.29, 1.82) is 0 Å². The van der Waals surface area contributed by atoms with E-state index in [4.69, 9.17) is 28.4 Å². The van der Waals surface area contributed by atoms with Crippen LogP contribution < -0.4 is 0 Å². The van der Waals surface area contributed by atoms with Gasteiger partial charge in [-0.25, -0.2) is 0 Å². The van der Waals surface area contributed by atoms with Crippen LogP contribution in [0.3, 0.4) is 0 Å². The maximum absolute atomic E-state index is 11.1. The third-order valence-electron chi connectivity index (χ3n) is 15.7. The van der Waals surface area contributed by atoms with E-state index in [0.717, 1.165) is 38.5 Å². The minimum absolute atomic E-state index is 0.0289. The van der Waals surface area contributed by atoms with Crippen LogP contribution >= 0.6 is 0 Å². The Labute approximate surface area is 306 Å². The summed E-state index contributed by atoms with van der Waals surface area (Å²) in [6, 6.07) is 0. The van der Waals surface area contributed by atoms with Gasteiger partial charge in [0.2, 0.25) is 0 Å². The first-order chi connectivity index (χ1) is 24.7. The van der Waals surface area contributed by atoms with Gasteiger partial charge in [0.1, 0.15) is 42.7 Å². The third-order valence-corrected chi connectivity index (χ3v) is 15.7. The molecule has 1 spiro atoms. The number of hydrogen-bond acceptors (Lipinski definition) is 13. The minimum atomic E-state index is -1.62. The molecule has 0 bridgehead atoms. The molecule has 296 valence electrons. The topological polar surface area (TPSA) is 197 Å². The van der Waals surface area contributed by atoms with Gasteiger partial charge in [-0.1, -0.05) is 32.4 Å². The second kappa shape index (κ2) is 14.0. The van der Waals surface area contributed by atoms with Crippen LogP contribution in [0.1, 0.15) is 85.5 Å². The number of allylic oxidation sites excluding steroid dienone is 1. The highest BCUT2D eigenvalue weighted by atomic mass is 16.8. The summed E-state index contributed by atoms with van der Waals surface area (Å²) in [5.41, 5.74) is 1.60. The molecule has 0 radical (unpaired) electrons. The summed E-state index contributed by atoms with van der Waals surface area (Å²) in [6.07, 6.45) is -2.45. The van der Waals surface area contributed by atoms with Crippen LogP contribution in [-0.4, -0.2) is 135 Å². The van der Waals surface area contributed by atoms with Crippen molar-refractivity contribution in [2.45, 2.75) is 165 Å². The van der Waals surface area contributed by atoms with Gasteiger partial charge >= 0.3 is 0 Å². The van der Waals surface area contributed by atoms with Gasteiger partial charge in [-0.2, -0.15) is 0 Å². The molecule has 13 heteroatoms. The van der Waals surface area contributed by atoms with E-state index >= 15 is 0 Å². The molecule has 52 heavy (non-hydrogen) atoms. The molecule has 0 unspecified atom stereocenters. The molecule has 7 N–H and O–H groups in total. The number of ether oxygens (including phenoxy) is 6. The van der Waals surface area contributed by atoms with Gasteiger partial charge in [0.25, 0.3) is 0 Å². The molecule has 0 aromatic carbocycles. The van der Waals surface area contributed by atoms with E-state index in [2.05, 4.69) is 26.8 Å². The zero-order valence-corrected chi connectivity index (χ0v) is 31.0. The number of fused-ring (bicyclic) bond motifs is 7. The molecule has 3 saturated carbocycles. The average molecular weight is 739 g/mol. The number of aliphatic hydroxyl groups is 7. The lowest BCUT2D eigenvalue weighted by Gasteiger charge is -2.58. The Bertz CT molecular complexity index is 1320. The summed E-state index contributed by atoms with van der Waals surface area (Å²) in [7, 11) is 0. The van der Waals surface area contributed by atoms with Gasteiger partial charge in [0.05, 0.1) is 31.5 Å². The fourth-order valence-electron chi connectivity index (χ4n) is 12.6. The van der Waals surface area contributed by atoms with Crippen LogP contribution in [0.5, 0.6) is 0 Å². The summed E-state index contributed by atoms with van der Waals surface area (Å²) < 4.78 is 37.5. The smallest absolute Gasteiger partial charge is 0.187 e. The number of aliphatic hydroxyl groups excluding tert-OH is 7. The molecule has 7 fully saturated rings. The van der Waals surface area contributed by atoms with E-state index in [1.165, 1.54) is 25.3 Å². The van der Waals surface area contributed by atoms with Gasteiger partial charge in [0.15, 0.2) is 18.4 Å². The van der Waals surface area contributed by atoms with Gasteiger partial charge in [0, 0.05) is 24.9 Å². The molecule has 4 heterocycles. The van der Waals surface area contributed by atoms with Crippen LogP contribution in [0.2, 0.25) is 0 Å². The van der Waals surface area contributed by atoms with Crippen molar-refractivity contribution in [2.24, 2.45) is 46.3 Å². The van der Waals surface area contributed by atoms with Crippen LogP contribution in [-0.2, 0) is 28.4 Å². The summed E-state index contributed by atoms with van der Waals surface area (Å²) in [5.74, 6) is 2.17. The highest BCUT2D eigenvalue weighted by Gasteiger charge is 2.69. The Morgan fingerprint density at radius 3 is 2.31 bits per heavy atom. The van der Waals surface area contributed by atoms with E-state index in [-0.39, 0.29) is 35.6 Å². The van der Waals surface area contributed by atoms with Gasteiger partial charge < -0.3 is 64.2 Å². The lowest BCUT2D eigenvalue weighted by atomic mass is 9.47. The van der Waals surface area contributed by atoms with Crippen molar-refractivity contribution >= 4 is 0 Å². The van der Waals surface area contributed by atoms with E-state index in [9.17, 15) is 35.7 Å². The molecular formula is C39H62O13. The SMILES string of the molecule is C[C@@H]1O[C@@H](O[C@H]2[C@H](O[C@H]3CC[C@@]4(C)C(=CC[C@H]5[C@@H]6C[C@@H]7O[C@]8(CC[C@@H](CO)CO8)[C@@H](C)[C@@H]7[C@@]6(C)CC[C@@H]54)C3)O[C@H](CO)[C@@H](O)[C@@H]2O)[C@H](O)[C@H](O)[C@H]1O. The minimum Gasteiger partial charge on any atom is -0.396 e. The van der Waals surface area contributed by atoms with E-state index in [0.29, 0.717) is 42.6 Å². The first-order valence-corrected chi connectivity index (χ1v) is 20.0. The fraction of sp³-hybridized carbons (Fsp3) is 0.949. The Balaban J connectivity index is 0.958. The van der Waals surface area contributed by atoms with Gasteiger partial charge in [-0.15, -0.1) is 0 Å². The molecule has 0 aromatic heterocycles. The van der Waals surface area contributed by atoms with Crippen molar-refractivity contribution in [2.75, 3.05) is 19.8 Å². The first-order valence-electron chi connectivity index (χ1n) is 20.0. The maximum atomic E-state index is 11.1. The van der Waals surface area contributed by atoms with Crippen LogP contribution in [0.4, 0.5) is 0 Å². The molecule has 8 aliphatic rings. The maximum Gasteiger partial charge on any atom is 0.187 e. The quantitative estimate of drug-likeness (QED) is 0.193. The number of rotatable bonds is 6. The molecule has 21 atom stereocenters. The molecule has 4 saturated heterocycles. The van der Waals surface area contributed by atoms with Gasteiger partial charge in [-0.3, -0.25) is 0 Å². The summed E-state index contributed by atoms with van der Waals surface area (Å²) in [5, 5.41) is 72.6. The van der Waals surface area contributed by atoms with E-state index in [1.807, 2.05) is 0 Å². The van der Waals surface area contributed by atoms with Crippen molar-refractivity contribution in [3.8, 4) is 0 Å². The molecule has 13 nitrogen and oxygen atoms in total. The second-order valence-electron chi connectivity index (χ2n) is 18.2. The largest absolute Gasteiger partial charge is 0.396 e. The summed E-state index contributed by atoms with van der Waals surface area (Å²) in [4.78, 5) is 0. The Morgan fingerprint density at radius 2 is 1.60 bits per heavy atom. The lowest BCUT2D eigenvalue weighted by molar-refractivity contribution is -0.369. The first kappa shape index (κ1) is 38.1. The second-order valence-corrected chi connectivity index (χ2v) is 18.2. The van der Waals surface area contributed by atoms with Crippen molar-refractivity contribution < 1.29 is 64.2 Å². The molecule has 0 aromatic rings. The standard InChI is InChI=1S/C39H62O13/c1-18-28-26(52-39(18)12-7-20(15-40)17-47-39)14-25-23-6-5-21-13-22(8-10-37(21,3)24(23)9-11-38(25,28)4)49-36-34(32(45)30(43)27(16-41)50-36)51-35-33(46)31(44)29(42)19(2)48-35/h5,18-20,22-36,40-46H,6-17H2,1-4H3/t18-,19-,20-,22-,23+,24-,25-,26-,27+,28-,29-,30+,31+,32-,33+,34+,35-,36+,37-,38-,39+/m0/s1. The molecule has 8 rings (SSSR count). The van der Waals surface area contributed by atoms with Crippen molar-refractivity contribution in [3.05, 3.63) is 11.6 Å². The zero-order chi connectivity index (χ0) is 36.9. The highest BCUT2D eigenvalue weighted by molar-refractivity contribution is 5.26. The number of hydrogen-bond donors (Lipinski definition) is 7. The highest BCUT2D eigenvalue weighted by Crippen LogP contribution is 2.70. The summed E-state index contributed by atoms with van der Waals surface area (Å²) in [6.45, 7) is 9.02. The Kier molecular flexibility index (Phi) is 10.3. The van der Waals surface area contributed by atoms with E-state index < -0.39 is 73.8 Å². The predicted molar refractivity (Wildman–Crippen MR) is 183 cm³/mol. The zero-order valence-electron chi connectivity index (χ0n) is 31.0. The lowest BCUT2D eigenvalue weighted by Crippen LogP contribution is -2.64. The predicted octanol–water partition coefficient (Wildman–Crippen LogP) is 1.36. The van der Waals surface area contributed by atoms with Crippen LogP contribution in [0.25, 0.3) is 0 Å². The van der Waals surface area contributed by atoms with E-state index in [1.54, 1.807) is 0 Å². The van der Waals surface area contributed by atoms with Gasteiger partial charge in [-0.05, 0) is 92.8 Å². The van der Waals surface area contributed by atoms with Crippen molar-refractivity contribution in [3.63, 3.8) is 0 Å². The molecular weight excluding hydrogens is 676 g/mol. The van der Waals surface area contributed by atoms with Crippen molar-refractivity contribution in [1.82, 2.24) is 0 Å². The van der Waals surface area contributed by atoms with Crippen LogP contribution in [0, 0.1) is 46.3 Å². The fourth-order valence-corrected chi connectivity index (χ4v) is 12.6. The average Bonchev–Trinajstić information content (AvgIpc) is 3.58. The third kappa shape index (κ3) is 5.90. The molecule has 0 amide bonds. The monoisotopic (exact) mass is 738 g/mol. The Hall–Kier alpha value is -0.780. The molecule has 4 aliphatic heterocycles. The normalized spacial score (nSPS) is 57.5. The summed E-state index contributed by atoms with van der Waals surface area (Å²) >= 11 is 0. The van der Waals surface area contributed by atoms with Crippen LogP contribution in [0.15, 0.2) is 11.6 Å². The molecule has 4 aliphatic carbocycles.